The molecule has 1 aliphatic heterocycles. The molecule has 0 radical (unpaired) electrons. The second-order valence-electron chi connectivity index (χ2n) is 6.62. The summed E-state index contributed by atoms with van der Waals surface area (Å²) in [6.07, 6.45) is 1.69. The maximum Gasteiger partial charge on any atom is 0.410 e. The Morgan fingerprint density at radius 3 is 2.71 bits per heavy atom. The van der Waals surface area contributed by atoms with Crippen molar-refractivity contribution in [2.75, 3.05) is 19.6 Å². The number of carbonyl (C=O) groups excluding carboxylic acids is 1. The van der Waals surface area contributed by atoms with E-state index in [4.69, 9.17) is 4.74 Å². The van der Waals surface area contributed by atoms with Crippen LogP contribution < -0.4 is 5.32 Å². The molecule has 0 bridgehead atoms. The molecule has 0 unspecified atom stereocenters. The summed E-state index contributed by atoms with van der Waals surface area (Å²) in [7, 11) is 0. The molecule has 1 N–H and O–H groups in total. The van der Waals surface area contributed by atoms with Gasteiger partial charge in [-0.05, 0) is 45.7 Å². The van der Waals surface area contributed by atoms with Crippen LogP contribution in [0.15, 0.2) is 30.3 Å². The smallest absolute Gasteiger partial charge is 0.410 e. The van der Waals surface area contributed by atoms with Gasteiger partial charge in [0.1, 0.15) is 5.60 Å². The number of hydrogen-bond donors (Lipinski definition) is 1. The van der Waals surface area contributed by atoms with Gasteiger partial charge < -0.3 is 15.0 Å². The number of nitrogens with one attached hydrogen (secondary N) is 1. The van der Waals surface area contributed by atoms with Gasteiger partial charge in [0.05, 0.1) is 0 Å². The summed E-state index contributed by atoms with van der Waals surface area (Å²) >= 11 is 0. The molecule has 2 rings (SSSR count). The van der Waals surface area contributed by atoms with E-state index in [1.807, 2.05) is 31.7 Å². The SMILES string of the molecule is CC(C)(C)OC(=O)N1CCCN[C@H](Cc2ccccc2)C1. The van der Waals surface area contributed by atoms with Gasteiger partial charge in [-0.15, -0.1) is 0 Å². The Bertz CT molecular complexity index is 454. The number of benzene rings is 1. The third-order valence-electron chi connectivity index (χ3n) is 3.46. The van der Waals surface area contributed by atoms with Crippen molar-refractivity contribution in [1.29, 1.82) is 0 Å². The Hall–Kier alpha value is -1.55. The molecule has 4 nitrogen and oxygen atoms in total. The molecule has 1 aliphatic rings. The van der Waals surface area contributed by atoms with Crippen molar-refractivity contribution < 1.29 is 9.53 Å². The number of carbonyl (C=O) groups is 1. The van der Waals surface area contributed by atoms with Crippen LogP contribution >= 0.6 is 0 Å². The van der Waals surface area contributed by atoms with Crippen molar-refractivity contribution in [2.24, 2.45) is 0 Å². The zero-order chi connectivity index (χ0) is 15.3. The molecule has 0 aromatic heterocycles. The molecular weight excluding hydrogens is 264 g/mol. The summed E-state index contributed by atoms with van der Waals surface area (Å²) in [5.41, 5.74) is 0.854. The average molecular weight is 290 g/mol. The summed E-state index contributed by atoms with van der Waals surface area (Å²) in [4.78, 5) is 14.1. The fourth-order valence-electron chi connectivity index (χ4n) is 2.53. The molecule has 1 heterocycles. The highest BCUT2D eigenvalue weighted by Gasteiger charge is 2.26. The third-order valence-corrected chi connectivity index (χ3v) is 3.46. The lowest BCUT2D eigenvalue weighted by Gasteiger charge is -2.28. The predicted octanol–water partition coefficient (Wildman–Crippen LogP) is 2.83. The lowest BCUT2D eigenvalue weighted by Crippen LogP contribution is -2.43. The first-order valence-corrected chi connectivity index (χ1v) is 7.69. The maximum absolute atomic E-state index is 12.2. The summed E-state index contributed by atoms with van der Waals surface area (Å²) in [5, 5.41) is 3.53. The third kappa shape index (κ3) is 5.38. The lowest BCUT2D eigenvalue weighted by molar-refractivity contribution is 0.0247. The highest BCUT2D eigenvalue weighted by atomic mass is 16.6. The second kappa shape index (κ2) is 6.94. The van der Waals surface area contributed by atoms with Gasteiger partial charge in [-0.3, -0.25) is 0 Å². The van der Waals surface area contributed by atoms with E-state index in [1.165, 1.54) is 5.56 Å². The largest absolute Gasteiger partial charge is 0.444 e. The van der Waals surface area contributed by atoms with Crippen molar-refractivity contribution in [2.45, 2.75) is 45.3 Å². The second-order valence-corrected chi connectivity index (χ2v) is 6.62. The lowest BCUT2D eigenvalue weighted by atomic mass is 10.1. The fourth-order valence-corrected chi connectivity index (χ4v) is 2.53. The molecule has 0 aliphatic carbocycles. The summed E-state index contributed by atoms with van der Waals surface area (Å²) < 4.78 is 5.49. The number of amides is 1. The van der Waals surface area contributed by atoms with Crippen LogP contribution in [0.25, 0.3) is 0 Å². The van der Waals surface area contributed by atoms with Crippen LogP contribution in [0.3, 0.4) is 0 Å². The molecular formula is C17H26N2O2. The van der Waals surface area contributed by atoms with Gasteiger partial charge in [0.25, 0.3) is 0 Å². The van der Waals surface area contributed by atoms with Gasteiger partial charge in [-0.2, -0.15) is 0 Å². The average Bonchev–Trinajstić information content (AvgIpc) is 2.64. The minimum Gasteiger partial charge on any atom is -0.444 e. The normalized spacial score (nSPS) is 20.0. The number of hydrogen-bond acceptors (Lipinski definition) is 3. The molecule has 1 fully saturated rings. The van der Waals surface area contributed by atoms with Crippen molar-refractivity contribution in [3.8, 4) is 0 Å². The Morgan fingerprint density at radius 2 is 2.05 bits per heavy atom. The Morgan fingerprint density at radius 1 is 1.33 bits per heavy atom. The summed E-state index contributed by atoms with van der Waals surface area (Å²) in [6.45, 7) is 8.11. The van der Waals surface area contributed by atoms with Crippen LogP contribution in [0.1, 0.15) is 32.8 Å². The van der Waals surface area contributed by atoms with Crippen LogP contribution in [-0.2, 0) is 11.2 Å². The van der Waals surface area contributed by atoms with Gasteiger partial charge >= 0.3 is 6.09 Å². The van der Waals surface area contributed by atoms with Gasteiger partial charge in [0.2, 0.25) is 0 Å². The Kier molecular flexibility index (Phi) is 5.23. The quantitative estimate of drug-likeness (QED) is 0.910. The van der Waals surface area contributed by atoms with Crippen LogP contribution in [-0.4, -0.2) is 42.3 Å². The molecule has 1 atom stereocenters. The van der Waals surface area contributed by atoms with Gasteiger partial charge in [0.15, 0.2) is 0 Å². The van der Waals surface area contributed by atoms with Crippen molar-refractivity contribution in [3.63, 3.8) is 0 Å². The molecule has 116 valence electrons. The minimum absolute atomic E-state index is 0.204. The Balaban J connectivity index is 1.96. The number of rotatable bonds is 2. The van der Waals surface area contributed by atoms with E-state index in [-0.39, 0.29) is 12.1 Å². The highest BCUT2D eigenvalue weighted by Crippen LogP contribution is 2.13. The molecule has 4 heteroatoms. The monoisotopic (exact) mass is 290 g/mol. The molecule has 0 spiro atoms. The van der Waals surface area contributed by atoms with Crippen molar-refractivity contribution >= 4 is 6.09 Å². The zero-order valence-corrected chi connectivity index (χ0v) is 13.3. The van der Waals surface area contributed by atoms with E-state index in [9.17, 15) is 4.79 Å². The van der Waals surface area contributed by atoms with E-state index in [0.717, 1.165) is 25.9 Å². The van der Waals surface area contributed by atoms with Crippen molar-refractivity contribution in [3.05, 3.63) is 35.9 Å². The molecule has 1 saturated heterocycles. The van der Waals surface area contributed by atoms with E-state index < -0.39 is 5.60 Å². The van der Waals surface area contributed by atoms with Crippen LogP contribution in [0.5, 0.6) is 0 Å². The molecule has 1 aromatic rings. The van der Waals surface area contributed by atoms with Crippen LogP contribution in [0.2, 0.25) is 0 Å². The molecule has 0 saturated carbocycles. The van der Waals surface area contributed by atoms with E-state index in [0.29, 0.717) is 6.54 Å². The number of ether oxygens (including phenoxy) is 1. The van der Waals surface area contributed by atoms with Gasteiger partial charge in [-0.25, -0.2) is 4.79 Å². The summed E-state index contributed by atoms with van der Waals surface area (Å²) in [5.74, 6) is 0. The number of nitrogens with zero attached hydrogens (tertiary/aromatic N) is 1. The van der Waals surface area contributed by atoms with Gasteiger partial charge in [-0.1, -0.05) is 30.3 Å². The first-order chi connectivity index (χ1) is 9.94. The van der Waals surface area contributed by atoms with Crippen molar-refractivity contribution in [1.82, 2.24) is 10.2 Å². The van der Waals surface area contributed by atoms with E-state index >= 15 is 0 Å². The molecule has 21 heavy (non-hydrogen) atoms. The predicted molar refractivity (Wildman–Crippen MR) is 84.4 cm³/mol. The topological polar surface area (TPSA) is 41.6 Å². The fraction of sp³-hybridized carbons (Fsp3) is 0.588. The summed E-state index contributed by atoms with van der Waals surface area (Å²) in [6, 6.07) is 10.7. The molecule has 1 amide bonds. The highest BCUT2D eigenvalue weighted by molar-refractivity contribution is 5.68. The first kappa shape index (κ1) is 15.8. The minimum atomic E-state index is -0.439. The molecule has 1 aromatic carbocycles. The van der Waals surface area contributed by atoms with E-state index in [1.54, 1.807) is 0 Å². The zero-order valence-electron chi connectivity index (χ0n) is 13.3. The standard InChI is InChI=1S/C17H26N2O2/c1-17(2,3)21-16(20)19-11-7-10-18-15(13-19)12-14-8-5-4-6-9-14/h4-6,8-9,15,18H,7,10-13H2,1-3H3/t15-/m1/s1. The van der Waals surface area contributed by atoms with E-state index in [2.05, 4.69) is 29.6 Å². The van der Waals surface area contributed by atoms with Gasteiger partial charge in [0, 0.05) is 19.1 Å². The Labute approximate surface area is 127 Å². The van der Waals surface area contributed by atoms with Crippen LogP contribution in [0.4, 0.5) is 4.79 Å². The van der Waals surface area contributed by atoms with Crippen LogP contribution in [0, 0.1) is 0 Å². The maximum atomic E-state index is 12.2. The first-order valence-electron chi connectivity index (χ1n) is 7.69.